The van der Waals surface area contributed by atoms with E-state index in [-0.39, 0.29) is 0 Å². The van der Waals surface area contributed by atoms with Crippen LogP contribution in [0.3, 0.4) is 0 Å². The Morgan fingerprint density at radius 3 is 2.10 bits per heavy atom. The van der Waals surface area contributed by atoms with Crippen molar-refractivity contribution in [1.82, 2.24) is 0 Å². The Morgan fingerprint density at radius 2 is 1.60 bits per heavy atom. The van der Waals surface area contributed by atoms with Crippen LogP contribution in [0.1, 0.15) is 25.7 Å². The van der Waals surface area contributed by atoms with Gasteiger partial charge < -0.3 is 0 Å². The molecular formula is C7H10N2S. The minimum Gasteiger partial charge on any atom is -0.232 e. The van der Waals surface area contributed by atoms with Crippen molar-refractivity contribution in [1.29, 1.82) is 0 Å². The van der Waals surface area contributed by atoms with Crippen molar-refractivity contribution in [2.45, 2.75) is 25.7 Å². The highest BCUT2D eigenvalue weighted by Gasteiger charge is 1.90. The predicted molar refractivity (Wildman–Crippen MR) is 48.1 cm³/mol. The number of thiocarbonyl (C=S) groups is 1. The van der Waals surface area contributed by atoms with Crippen LogP contribution in [0.5, 0.6) is 0 Å². The molecule has 0 bridgehead atoms. The largest absolute Gasteiger partial charge is 0.232 e. The van der Waals surface area contributed by atoms with E-state index in [1.54, 1.807) is 0 Å². The van der Waals surface area contributed by atoms with E-state index in [0.29, 0.717) is 5.11 Å². The lowest BCUT2D eigenvalue weighted by molar-refractivity contribution is 0.808. The Bertz CT molecular complexity index is 154. The summed E-state index contributed by atoms with van der Waals surface area (Å²) in [4.78, 5) is 7.90. The van der Waals surface area contributed by atoms with Gasteiger partial charge in [-0.15, -0.1) is 0 Å². The number of hydrogen-bond acceptors (Lipinski definition) is 1. The fourth-order valence-corrected chi connectivity index (χ4v) is 0.939. The molecule has 0 fully saturated rings. The summed E-state index contributed by atoms with van der Waals surface area (Å²) in [5.74, 6) is 0. The Hall–Kier alpha value is -0.570. The Labute approximate surface area is 66.1 Å². The highest BCUT2D eigenvalue weighted by molar-refractivity contribution is 7.80. The average molecular weight is 154 g/mol. The SMILES string of the molecule is S=C1N=CCCCCC=N1. The second-order valence-corrected chi connectivity index (χ2v) is 2.56. The van der Waals surface area contributed by atoms with E-state index in [1.165, 1.54) is 12.8 Å². The monoisotopic (exact) mass is 154 g/mol. The first-order valence-electron chi connectivity index (χ1n) is 3.48. The van der Waals surface area contributed by atoms with Gasteiger partial charge in [-0.2, -0.15) is 0 Å². The summed E-state index contributed by atoms with van der Waals surface area (Å²) in [5.41, 5.74) is 0. The van der Waals surface area contributed by atoms with Crippen molar-refractivity contribution in [3.05, 3.63) is 0 Å². The molecule has 0 spiro atoms. The van der Waals surface area contributed by atoms with E-state index < -0.39 is 0 Å². The zero-order valence-corrected chi connectivity index (χ0v) is 6.60. The van der Waals surface area contributed by atoms with Crippen LogP contribution >= 0.6 is 12.2 Å². The van der Waals surface area contributed by atoms with Gasteiger partial charge in [-0.3, -0.25) is 0 Å². The second-order valence-electron chi connectivity index (χ2n) is 2.19. The predicted octanol–water partition coefficient (Wildman–Crippen LogP) is 1.99. The van der Waals surface area contributed by atoms with Gasteiger partial charge >= 0.3 is 0 Å². The van der Waals surface area contributed by atoms with Crippen LogP contribution in [-0.2, 0) is 0 Å². The quantitative estimate of drug-likeness (QED) is 0.490. The van der Waals surface area contributed by atoms with E-state index in [0.717, 1.165) is 12.8 Å². The van der Waals surface area contributed by atoms with Crippen molar-refractivity contribution in [2.75, 3.05) is 0 Å². The Balaban J connectivity index is 2.51. The van der Waals surface area contributed by atoms with Crippen LogP contribution in [0.4, 0.5) is 0 Å². The van der Waals surface area contributed by atoms with Crippen LogP contribution in [-0.4, -0.2) is 17.5 Å². The summed E-state index contributed by atoms with van der Waals surface area (Å²) in [6, 6.07) is 0. The normalized spacial score (nSPS) is 19.8. The van der Waals surface area contributed by atoms with Gasteiger partial charge in [0.1, 0.15) is 0 Å². The first-order chi connectivity index (χ1) is 4.89. The van der Waals surface area contributed by atoms with Gasteiger partial charge in [-0.25, -0.2) is 9.98 Å². The molecule has 1 heterocycles. The number of hydrogen-bond donors (Lipinski definition) is 0. The maximum atomic E-state index is 4.82. The lowest BCUT2D eigenvalue weighted by atomic mass is 10.2. The van der Waals surface area contributed by atoms with E-state index in [2.05, 4.69) is 9.98 Å². The van der Waals surface area contributed by atoms with Gasteiger partial charge in [0.05, 0.1) is 0 Å². The molecule has 0 aromatic rings. The van der Waals surface area contributed by atoms with Gasteiger partial charge in [0.2, 0.25) is 5.11 Å². The molecule has 3 heteroatoms. The van der Waals surface area contributed by atoms with E-state index in [9.17, 15) is 0 Å². The van der Waals surface area contributed by atoms with Gasteiger partial charge in [-0.05, 0) is 37.9 Å². The molecule has 0 atom stereocenters. The molecular weight excluding hydrogens is 144 g/mol. The van der Waals surface area contributed by atoms with Crippen LogP contribution in [0, 0.1) is 0 Å². The number of rotatable bonds is 0. The van der Waals surface area contributed by atoms with Crippen LogP contribution < -0.4 is 0 Å². The first kappa shape index (κ1) is 7.54. The summed E-state index contributed by atoms with van der Waals surface area (Å²) in [6.45, 7) is 0. The van der Waals surface area contributed by atoms with Crippen LogP contribution in [0.15, 0.2) is 9.98 Å². The average Bonchev–Trinajstić information content (AvgIpc) is 2.02. The standard InChI is InChI=1S/C7H10N2S/c10-7-8-5-3-1-2-4-6-9-7/h5-6H,1-4H2. The molecule has 0 unspecified atom stereocenters. The molecule has 0 saturated heterocycles. The molecule has 0 aromatic carbocycles. The second kappa shape index (κ2) is 4.28. The molecule has 1 aliphatic heterocycles. The first-order valence-corrected chi connectivity index (χ1v) is 3.89. The molecule has 0 aliphatic carbocycles. The van der Waals surface area contributed by atoms with Crippen molar-refractivity contribution < 1.29 is 0 Å². The lowest BCUT2D eigenvalue weighted by Crippen LogP contribution is -1.83. The van der Waals surface area contributed by atoms with E-state index in [4.69, 9.17) is 12.2 Å². The van der Waals surface area contributed by atoms with Crippen LogP contribution in [0.2, 0.25) is 0 Å². The molecule has 0 saturated carbocycles. The number of aliphatic imine (C=N–C) groups is 2. The number of nitrogens with zero attached hydrogens (tertiary/aromatic N) is 2. The minimum atomic E-state index is 0.460. The molecule has 0 radical (unpaired) electrons. The zero-order valence-electron chi connectivity index (χ0n) is 5.79. The van der Waals surface area contributed by atoms with Crippen molar-refractivity contribution in [3.63, 3.8) is 0 Å². The highest BCUT2D eigenvalue weighted by atomic mass is 32.1. The van der Waals surface area contributed by atoms with E-state index in [1.807, 2.05) is 12.4 Å². The molecule has 0 amide bonds. The van der Waals surface area contributed by atoms with Gasteiger partial charge in [0.25, 0.3) is 0 Å². The maximum absolute atomic E-state index is 4.82. The molecule has 0 aromatic heterocycles. The third kappa shape index (κ3) is 2.82. The Morgan fingerprint density at radius 1 is 1.10 bits per heavy atom. The molecule has 1 aliphatic rings. The summed E-state index contributed by atoms with van der Waals surface area (Å²) in [7, 11) is 0. The fourth-order valence-electron chi connectivity index (χ4n) is 0.790. The maximum Gasteiger partial charge on any atom is 0.218 e. The molecule has 0 N–H and O–H groups in total. The zero-order chi connectivity index (χ0) is 7.23. The third-order valence-electron chi connectivity index (χ3n) is 1.32. The molecule has 1 rings (SSSR count). The third-order valence-corrected chi connectivity index (χ3v) is 1.53. The van der Waals surface area contributed by atoms with Crippen molar-refractivity contribution in [2.24, 2.45) is 9.98 Å². The minimum absolute atomic E-state index is 0.460. The highest BCUT2D eigenvalue weighted by Crippen LogP contribution is 1.98. The van der Waals surface area contributed by atoms with Gasteiger partial charge in [-0.1, -0.05) is 0 Å². The van der Waals surface area contributed by atoms with Gasteiger partial charge in [0, 0.05) is 12.4 Å². The summed E-state index contributed by atoms with van der Waals surface area (Å²) >= 11 is 4.82. The van der Waals surface area contributed by atoms with Gasteiger partial charge in [0.15, 0.2) is 0 Å². The molecule has 2 nitrogen and oxygen atoms in total. The summed E-state index contributed by atoms with van der Waals surface area (Å²) in [5, 5.41) is 0.460. The summed E-state index contributed by atoms with van der Waals surface area (Å²) in [6.07, 6.45) is 8.15. The fraction of sp³-hybridized carbons (Fsp3) is 0.571. The summed E-state index contributed by atoms with van der Waals surface area (Å²) < 4.78 is 0. The Kier molecular flexibility index (Phi) is 3.22. The van der Waals surface area contributed by atoms with Crippen LogP contribution in [0.25, 0.3) is 0 Å². The topological polar surface area (TPSA) is 24.7 Å². The van der Waals surface area contributed by atoms with Crippen molar-refractivity contribution >= 4 is 29.8 Å². The lowest BCUT2D eigenvalue weighted by Gasteiger charge is -1.87. The van der Waals surface area contributed by atoms with E-state index >= 15 is 0 Å². The molecule has 54 valence electrons. The smallest absolute Gasteiger partial charge is 0.218 e. The molecule has 10 heavy (non-hydrogen) atoms. The van der Waals surface area contributed by atoms with Crippen molar-refractivity contribution in [3.8, 4) is 0 Å².